The predicted octanol–water partition coefficient (Wildman–Crippen LogP) is 4.38. The molecule has 0 fully saturated rings. The number of guanidine groups is 1. The molecular weight excluding hydrogens is 543 g/mol. The molecule has 0 aliphatic rings. The van der Waals surface area contributed by atoms with Gasteiger partial charge in [0.1, 0.15) is 0 Å². The van der Waals surface area contributed by atoms with Crippen molar-refractivity contribution in [2.45, 2.75) is 26.8 Å². The SMILES string of the molecule is CCNC(=NCc1ccc(Br)cc1C)NCCc1cccc(C(=O)N(C)C)c1.I. The van der Waals surface area contributed by atoms with Crippen LogP contribution in [0.25, 0.3) is 0 Å². The number of hydrogen-bond acceptors (Lipinski definition) is 2. The Morgan fingerprint density at radius 2 is 1.90 bits per heavy atom. The Kier molecular flexibility index (Phi) is 11.3. The molecule has 158 valence electrons. The third-order valence-electron chi connectivity index (χ3n) is 4.34. The molecule has 0 aromatic heterocycles. The van der Waals surface area contributed by atoms with Gasteiger partial charge >= 0.3 is 0 Å². The first-order valence-electron chi connectivity index (χ1n) is 9.48. The second-order valence-corrected chi connectivity index (χ2v) is 7.76. The van der Waals surface area contributed by atoms with E-state index >= 15 is 0 Å². The molecule has 0 bridgehead atoms. The molecule has 0 aliphatic heterocycles. The molecule has 1 amide bonds. The molecular formula is C22H30BrIN4O. The van der Waals surface area contributed by atoms with Gasteiger partial charge in [0.2, 0.25) is 0 Å². The molecule has 29 heavy (non-hydrogen) atoms. The number of amides is 1. The number of benzene rings is 2. The third kappa shape index (κ3) is 8.34. The summed E-state index contributed by atoms with van der Waals surface area (Å²) in [6.45, 7) is 6.32. The molecule has 2 aromatic rings. The Hall–Kier alpha value is -1.61. The molecule has 2 rings (SSSR count). The van der Waals surface area contributed by atoms with Crippen LogP contribution in [0.1, 0.15) is 34.0 Å². The second-order valence-electron chi connectivity index (χ2n) is 6.84. The maximum absolute atomic E-state index is 12.1. The standard InChI is InChI=1S/C22H29BrN4O.HI/c1-5-24-22(26-15-19-9-10-20(23)13-16(19)2)25-12-11-17-7-6-8-18(14-17)21(28)27(3)4;/h6-10,13-14H,5,11-12,15H2,1-4H3,(H2,24,25,26);1H. The summed E-state index contributed by atoms with van der Waals surface area (Å²) < 4.78 is 1.08. The van der Waals surface area contributed by atoms with Gasteiger partial charge in [0.25, 0.3) is 5.91 Å². The summed E-state index contributed by atoms with van der Waals surface area (Å²) in [6, 6.07) is 14.0. The molecule has 7 heteroatoms. The first-order valence-corrected chi connectivity index (χ1v) is 10.3. The molecule has 5 nitrogen and oxygen atoms in total. The van der Waals surface area contributed by atoms with Crippen LogP contribution in [0.2, 0.25) is 0 Å². The summed E-state index contributed by atoms with van der Waals surface area (Å²) in [5.74, 6) is 0.819. The van der Waals surface area contributed by atoms with Crippen molar-refractivity contribution >= 4 is 51.8 Å². The Balaban J connectivity index is 0.00000420. The molecule has 0 unspecified atom stereocenters. The summed E-state index contributed by atoms with van der Waals surface area (Å²) in [7, 11) is 3.53. The van der Waals surface area contributed by atoms with Crippen molar-refractivity contribution < 1.29 is 4.79 Å². The molecule has 0 heterocycles. The molecule has 2 N–H and O–H groups in total. The smallest absolute Gasteiger partial charge is 0.253 e. The minimum absolute atomic E-state index is 0. The minimum Gasteiger partial charge on any atom is -0.357 e. The van der Waals surface area contributed by atoms with E-state index in [1.165, 1.54) is 11.1 Å². The van der Waals surface area contributed by atoms with Crippen LogP contribution < -0.4 is 10.6 Å². The van der Waals surface area contributed by atoms with Crippen molar-refractivity contribution in [3.05, 3.63) is 69.2 Å². The van der Waals surface area contributed by atoms with Crippen molar-refractivity contribution in [3.63, 3.8) is 0 Å². The van der Waals surface area contributed by atoms with Gasteiger partial charge in [-0.2, -0.15) is 0 Å². The first kappa shape index (κ1) is 25.4. The van der Waals surface area contributed by atoms with Crippen LogP contribution in [0, 0.1) is 6.92 Å². The van der Waals surface area contributed by atoms with Gasteiger partial charge < -0.3 is 15.5 Å². The Morgan fingerprint density at radius 3 is 2.55 bits per heavy atom. The highest BCUT2D eigenvalue weighted by Crippen LogP contribution is 2.16. The fourth-order valence-electron chi connectivity index (χ4n) is 2.79. The van der Waals surface area contributed by atoms with E-state index in [1.54, 1.807) is 19.0 Å². The van der Waals surface area contributed by atoms with Gasteiger partial charge in [-0.05, 0) is 61.2 Å². The zero-order chi connectivity index (χ0) is 20.5. The number of hydrogen-bond donors (Lipinski definition) is 2. The Bertz CT molecular complexity index is 839. The highest BCUT2D eigenvalue weighted by molar-refractivity contribution is 14.0. The number of halogens is 2. The lowest BCUT2D eigenvalue weighted by atomic mass is 10.1. The van der Waals surface area contributed by atoms with Crippen LogP contribution in [0.15, 0.2) is 51.9 Å². The van der Waals surface area contributed by atoms with E-state index < -0.39 is 0 Å². The second kappa shape index (κ2) is 12.8. The molecule has 0 saturated heterocycles. The quantitative estimate of drug-likeness (QED) is 0.294. The van der Waals surface area contributed by atoms with E-state index in [1.807, 2.05) is 30.3 Å². The van der Waals surface area contributed by atoms with E-state index in [0.29, 0.717) is 12.1 Å². The average Bonchev–Trinajstić information content (AvgIpc) is 2.66. The van der Waals surface area contributed by atoms with Crippen molar-refractivity contribution in [2.24, 2.45) is 4.99 Å². The summed E-state index contributed by atoms with van der Waals surface area (Å²) >= 11 is 3.50. The zero-order valence-corrected chi connectivity index (χ0v) is 21.4. The van der Waals surface area contributed by atoms with Gasteiger partial charge in [-0.3, -0.25) is 4.79 Å². The first-order chi connectivity index (χ1) is 13.4. The van der Waals surface area contributed by atoms with Crippen molar-refractivity contribution in [1.29, 1.82) is 0 Å². The van der Waals surface area contributed by atoms with Crippen LogP contribution in [-0.4, -0.2) is 44.0 Å². The number of nitrogens with one attached hydrogen (secondary N) is 2. The van der Waals surface area contributed by atoms with Crippen molar-refractivity contribution in [3.8, 4) is 0 Å². The zero-order valence-electron chi connectivity index (χ0n) is 17.5. The predicted molar refractivity (Wildman–Crippen MR) is 135 cm³/mol. The van der Waals surface area contributed by atoms with Gasteiger partial charge in [-0.15, -0.1) is 24.0 Å². The topological polar surface area (TPSA) is 56.7 Å². The molecule has 0 atom stereocenters. The van der Waals surface area contributed by atoms with E-state index in [0.717, 1.165) is 35.5 Å². The number of nitrogens with zero attached hydrogens (tertiary/aromatic N) is 2. The minimum atomic E-state index is 0. The van der Waals surface area contributed by atoms with Crippen LogP contribution in [0.3, 0.4) is 0 Å². The highest BCUT2D eigenvalue weighted by atomic mass is 127. The largest absolute Gasteiger partial charge is 0.357 e. The molecule has 2 aromatic carbocycles. The maximum Gasteiger partial charge on any atom is 0.253 e. The fourth-order valence-corrected chi connectivity index (χ4v) is 3.26. The normalized spacial score (nSPS) is 10.9. The van der Waals surface area contributed by atoms with E-state index in [4.69, 9.17) is 4.99 Å². The Morgan fingerprint density at radius 1 is 1.14 bits per heavy atom. The van der Waals surface area contributed by atoms with Gasteiger partial charge in [-0.1, -0.05) is 34.1 Å². The van der Waals surface area contributed by atoms with Crippen LogP contribution in [0.4, 0.5) is 0 Å². The van der Waals surface area contributed by atoms with Gasteiger partial charge in [0.05, 0.1) is 6.54 Å². The van der Waals surface area contributed by atoms with E-state index in [-0.39, 0.29) is 29.9 Å². The lowest BCUT2D eigenvalue weighted by Gasteiger charge is -2.13. The molecule has 0 saturated carbocycles. The average molecular weight is 573 g/mol. The number of carbonyl (C=O) groups is 1. The number of carbonyl (C=O) groups excluding carboxylic acids is 1. The Labute approximate surface area is 199 Å². The fraction of sp³-hybridized carbons (Fsp3) is 0.364. The van der Waals surface area contributed by atoms with E-state index in [2.05, 4.69) is 52.5 Å². The number of rotatable bonds is 7. The lowest BCUT2D eigenvalue weighted by Crippen LogP contribution is -2.38. The summed E-state index contributed by atoms with van der Waals surface area (Å²) in [5, 5.41) is 6.66. The summed E-state index contributed by atoms with van der Waals surface area (Å²) in [6.07, 6.45) is 0.816. The summed E-state index contributed by atoms with van der Waals surface area (Å²) in [4.78, 5) is 18.4. The highest BCUT2D eigenvalue weighted by Gasteiger charge is 2.08. The van der Waals surface area contributed by atoms with Crippen molar-refractivity contribution in [2.75, 3.05) is 27.2 Å². The van der Waals surface area contributed by atoms with Gasteiger partial charge in [0, 0.05) is 37.2 Å². The third-order valence-corrected chi connectivity index (χ3v) is 4.84. The van der Waals surface area contributed by atoms with Crippen LogP contribution in [-0.2, 0) is 13.0 Å². The van der Waals surface area contributed by atoms with Crippen LogP contribution >= 0.6 is 39.9 Å². The van der Waals surface area contributed by atoms with Gasteiger partial charge in [-0.25, -0.2) is 4.99 Å². The number of aryl methyl sites for hydroxylation is 1. The molecule has 0 radical (unpaired) electrons. The van der Waals surface area contributed by atoms with Crippen molar-refractivity contribution in [1.82, 2.24) is 15.5 Å². The van der Waals surface area contributed by atoms with Crippen LogP contribution in [0.5, 0.6) is 0 Å². The van der Waals surface area contributed by atoms with E-state index in [9.17, 15) is 4.79 Å². The number of aliphatic imine (C=N–C) groups is 1. The molecule has 0 spiro atoms. The van der Waals surface area contributed by atoms with Gasteiger partial charge in [0.15, 0.2) is 5.96 Å². The molecule has 0 aliphatic carbocycles. The monoisotopic (exact) mass is 572 g/mol. The lowest BCUT2D eigenvalue weighted by molar-refractivity contribution is 0.0827. The maximum atomic E-state index is 12.1. The summed E-state index contributed by atoms with van der Waals surface area (Å²) in [5.41, 5.74) is 4.26.